The highest BCUT2D eigenvalue weighted by molar-refractivity contribution is 4.81. The van der Waals surface area contributed by atoms with Gasteiger partial charge in [0, 0.05) is 12.1 Å². The molecule has 0 aromatic rings. The van der Waals surface area contributed by atoms with Gasteiger partial charge in [-0.15, -0.1) is 0 Å². The molecule has 0 aromatic heterocycles. The zero-order chi connectivity index (χ0) is 11.8. The molecule has 0 heterocycles. The van der Waals surface area contributed by atoms with Gasteiger partial charge in [0.25, 0.3) is 0 Å². The number of nitrogens with two attached hydrogens (primary N) is 1. The first-order valence-electron chi connectivity index (χ1n) is 7.27. The van der Waals surface area contributed by atoms with E-state index in [9.17, 15) is 0 Å². The first kappa shape index (κ1) is 14.0. The standard InChI is InChI=1S/C14H30N2/c1-3-5-11-16(12-6-4-2)14-9-7-13(15)8-10-14/h13-14H,3-12,15H2,1-2H3. The first-order valence-corrected chi connectivity index (χ1v) is 7.27. The lowest BCUT2D eigenvalue weighted by molar-refractivity contribution is 0.145. The average molecular weight is 226 g/mol. The van der Waals surface area contributed by atoms with E-state index < -0.39 is 0 Å². The molecule has 0 amide bonds. The summed E-state index contributed by atoms with van der Waals surface area (Å²) in [5.74, 6) is 0. The van der Waals surface area contributed by atoms with Gasteiger partial charge >= 0.3 is 0 Å². The Bertz CT molecular complexity index is 154. The van der Waals surface area contributed by atoms with Crippen LogP contribution in [-0.2, 0) is 0 Å². The maximum absolute atomic E-state index is 5.98. The largest absolute Gasteiger partial charge is 0.328 e. The molecule has 1 aliphatic rings. The van der Waals surface area contributed by atoms with Crippen molar-refractivity contribution >= 4 is 0 Å². The normalized spacial score (nSPS) is 26.2. The molecule has 1 fully saturated rings. The maximum Gasteiger partial charge on any atom is 0.00964 e. The molecule has 0 aromatic carbocycles. The molecule has 16 heavy (non-hydrogen) atoms. The van der Waals surface area contributed by atoms with Crippen LogP contribution in [0.5, 0.6) is 0 Å². The molecule has 0 radical (unpaired) electrons. The maximum atomic E-state index is 5.98. The Labute approximate surface area is 102 Å². The molecule has 0 bridgehead atoms. The molecular weight excluding hydrogens is 196 g/mol. The van der Waals surface area contributed by atoms with Gasteiger partial charge in [0.1, 0.15) is 0 Å². The van der Waals surface area contributed by atoms with Crippen molar-refractivity contribution in [3.05, 3.63) is 0 Å². The average Bonchev–Trinajstić information content (AvgIpc) is 2.31. The van der Waals surface area contributed by atoms with Crippen LogP contribution < -0.4 is 5.73 Å². The van der Waals surface area contributed by atoms with Gasteiger partial charge in [0.05, 0.1) is 0 Å². The molecule has 1 saturated carbocycles. The van der Waals surface area contributed by atoms with Crippen LogP contribution in [0, 0.1) is 0 Å². The minimum atomic E-state index is 0.482. The predicted molar refractivity (Wildman–Crippen MR) is 71.6 cm³/mol. The van der Waals surface area contributed by atoms with Gasteiger partial charge in [-0.25, -0.2) is 0 Å². The molecule has 0 aliphatic heterocycles. The van der Waals surface area contributed by atoms with Crippen LogP contribution in [-0.4, -0.2) is 30.1 Å². The Morgan fingerprint density at radius 2 is 1.44 bits per heavy atom. The van der Waals surface area contributed by atoms with Crippen LogP contribution >= 0.6 is 0 Å². The van der Waals surface area contributed by atoms with Crippen molar-refractivity contribution in [2.45, 2.75) is 77.3 Å². The van der Waals surface area contributed by atoms with Crippen LogP contribution in [0.25, 0.3) is 0 Å². The van der Waals surface area contributed by atoms with Gasteiger partial charge in [-0.1, -0.05) is 26.7 Å². The second kappa shape index (κ2) is 8.08. The SMILES string of the molecule is CCCCN(CCCC)C1CCC(N)CC1. The highest BCUT2D eigenvalue weighted by Crippen LogP contribution is 2.22. The molecule has 1 rings (SSSR count). The van der Waals surface area contributed by atoms with E-state index in [0.717, 1.165) is 6.04 Å². The Morgan fingerprint density at radius 1 is 0.938 bits per heavy atom. The van der Waals surface area contributed by atoms with Gasteiger partial charge in [0.2, 0.25) is 0 Å². The van der Waals surface area contributed by atoms with Crippen molar-refractivity contribution in [2.75, 3.05) is 13.1 Å². The highest BCUT2D eigenvalue weighted by atomic mass is 15.1. The van der Waals surface area contributed by atoms with Crippen LogP contribution in [0.3, 0.4) is 0 Å². The molecular formula is C14H30N2. The molecule has 0 unspecified atom stereocenters. The van der Waals surface area contributed by atoms with Crippen LogP contribution in [0.15, 0.2) is 0 Å². The van der Waals surface area contributed by atoms with Crippen LogP contribution in [0.1, 0.15) is 65.2 Å². The van der Waals surface area contributed by atoms with E-state index in [2.05, 4.69) is 18.7 Å². The van der Waals surface area contributed by atoms with Gasteiger partial charge < -0.3 is 10.6 Å². The van der Waals surface area contributed by atoms with Crippen LogP contribution in [0.2, 0.25) is 0 Å². The lowest BCUT2D eigenvalue weighted by atomic mass is 9.90. The van der Waals surface area contributed by atoms with Crippen molar-refractivity contribution in [3.63, 3.8) is 0 Å². The molecule has 0 atom stereocenters. The van der Waals surface area contributed by atoms with E-state index in [1.54, 1.807) is 0 Å². The summed E-state index contributed by atoms with van der Waals surface area (Å²) in [6.07, 6.45) is 10.5. The third-order valence-corrected chi connectivity index (χ3v) is 3.86. The number of rotatable bonds is 7. The van der Waals surface area contributed by atoms with Gasteiger partial charge in [0.15, 0.2) is 0 Å². The van der Waals surface area contributed by atoms with Crippen molar-refractivity contribution in [1.82, 2.24) is 4.90 Å². The molecule has 0 saturated heterocycles. The van der Waals surface area contributed by atoms with E-state index in [-0.39, 0.29) is 0 Å². The third-order valence-electron chi connectivity index (χ3n) is 3.86. The third kappa shape index (κ3) is 4.84. The quantitative estimate of drug-likeness (QED) is 0.722. The highest BCUT2D eigenvalue weighted by Gasteiger charge is 2.23. The molecule has 2 heteroatoms. The van der Waals surface area contributed by atoms with Crippen molar-refractivity contribution in [3.8, 4) is 0 Å². The summed E-state index contributed by atoms with van der Waals surface area (Å²) in [5, 5.41) is 0. The van der Waals surface area contributed by atoms with Crippen molar-refractivity contribution in [2.24, 2.45) is 5.73 Å². The Hall–Kier alpha value is -0.0800. The predicted octanol–water partition coefficient (Wildman–Crippen LogP) is 3.16. The zero-order valence-electron chi connectivity index (χ0n) is 11.3. The van der Waals surface area contributed by atoms with E-state index in [4.69, 9.17) is 5.73 Å². The molecule has 2 N–H and O–H groups in total. The number of hydrogen-bond donors (Lipinski definition) is 1. The van der Waals surface area contributed by atoms with Crippen LogP contribution in [0.4, 0.5) is 0 Å². The van der Waals surface area contributed by atoms with E-state index in [0.29, 0.717) is 6.04 Å². The lowest BCUT2D eigenvalue weighted by Gasteiger charge is -2.36. The van der Waals surface area contributed by atoms with E-state index >= 15 is 0 Å². The van der Waals surface area contributed by atoms with Crippen molar-refractivity contribution < 1.29 is 0 Å². The zero-order valence-corrected chi connectivity index (χ0v) is 11.3. The summed E-state index contributed by atoms with van der Waals surface area (Å²) in [5.41, 5.74) is 5.98. The monoisotopic (exact) mass is 226 g/mol. The van der Waals surface area contributed by atoms with E-state index in [1.165, 1.54) is 64.5 Å². The van der Waals surface area contributed by atoms with Crippen molar-refractivity contribution in [1.29, 1.82) is 0 Å². The summed E-state index contributed by atoms with van der Waals surface area (Å²) in [4.78, 5) is 2.74. The first-order chi connectivity index (χ1) is 7.77. The number of nitrogens with zero attached hydrogens (tertiary/aromatic N) is 1. The molecule has 1 aliphatic carbocycles. The Kier molecular flexibility index (Phi) is 7.06. The fourth-order valence-electron chi connectivity index (χ4n) is 2.67. The Morgan fingerprint density at radius 3 is 1.88 bits per heavy atom. The minimum Gasteiger partial charge on any atom is -0.328 e. The van der Waals surface area contributed by atoms with Gasteiger partial charge in [-0.2, -0.15) is 0 Å². The van der Waals surface area contributed by atoms with Gasteiger partial charge in [-0.3, -0.25) is 0 Å². The topological polar surface area (TPSA) is 29.3 Å². The molecule has 2 nitrogen and oxygen atoms in total. The summed E-state index contributed by atoms with van der Waals surface area (Å²) in [6.45, 7) is 7.18. The fraction of sp³-hybridized carbons (Fsp3) is 1.00. The van der Waals surface area contributed by atoms with Gasteiger partial charge in [-0.05, 0) is 51.6 Å². The summed E-state index contributed by atoms with van der Waals surface area (Å²) in [6, 6.07) is 1.31. The van der Waals surface area contributed by atoms with E-state index in [1.807, 2.05) is 0 Å². The smallest absolute Gasteiger partial charge is 0.00964 e. The summed E-state index contributed by atoms with van der Waals surface area (Å²) in [7, 11) is 0. The Balaban J connectivity index is 2.34. The second-order valence-electron chi connectivity index (χ2n) is 5.31. The lowest BCUT2D eigenvalue weighted by Crippen LogP contribution is -2.41. The fourth-order valence-corrected chi connectivity index (χ4v) is 2.67. The molecule has 0 spiro atoms. The summed E-state index contributed by atoms with van der Waals surface area (Å²) < 4.78 is 0. The number of hydrogen-bond acceptors (Lipinski definition) is 2. The number of unbranched alkanes of at least 4 members (excludes halogenated alkanes) is 2. The molecule has 96 valence electrons. The summed E-state index contributed by atoms with van der Waals surface area (Å²) >= 11 is 0. The minimum absolute atomic E-state index is 0.482. The second-order valence-corrected chi connectivity index (χ2v) is 5.31.